The van der Waals surface area contributed by atoms with Gasteiger partial charge < -0.3 is 5.11 Å². The molecular weight excluding hydrogens is 334 g/mol. The summed E-state index contributed by atoms with van der Waals surface area (Å²) in [7, 11) is 0. The van der Waals surface area contributed by atoms with Gasteiger partial charge in [0.1, 0.15) is 5.75 Å². The highest BCUT2D eigenvalue weighted by Gasteiger charge is 2.14. The molecule has 0 aromatic heterocycles. The molecule has 0 atom stereocenters. The minimum atomic E-state index is -0.580. The summed E-state index contributed by atoms with van der Waals surface area (Å²) in [6.07, 6.45) is 1.35. The van der Waals surface area contributed by atoms with Gasteiger partial charge in [0.2, 0.25) is 0 Å². The van der Waals surface area contributed by atoms with Crippen LogP contribution in [0.15, 0.2) is 59.7 Å². The summed E-state index contributed by atoms with van der Waals surface area (Å²) in [4.78, 5) is 22.6. The zero-order valence-corrected chi connectivity index (χ0v) is 13.8. The van der Waals surface area contributed by atoms with Gasteiger partial charge in [0.25, 0.3) is 11.6 Å². The first kappa shape index (κ1) is 17.1. The number of phenols is 1. The highest BCUT2D eigenvalue weighted by atomic mass is 16.6. The number of carbonyl (C=O) groups is 1. The second-order valence-electron chi connectivity index (χ2n) is 5.68. The van der Waals surface area contributed by atoms with Crippen LogP contribution in [-0.2, 0) is 0 Å². The molecule has 26 heavy (non-hydrogen) atoms. The molecule has 0 aliphatic rings. The standard InChI is InChI=1S/C19H15N3O4/c1-12-6-7-14(10-17(12)22(25)26)19(24)21-20-11-16-15-5-3-2-4-13(15)8-9-18(16)23/h2-11,23H,1H3,(H,21,24)/b20-11+. The number of hydrogen-bond acceptors (Lipinski definition) is 5. The van der Waals surface area contributed by atoms with E-state index in [1.54, 1.807) is 19.1 Å². The molecule has 0 unspecified atom stereocenters. The molecule has 3 aromatic carbocycles. The van der Waals surface area contributed by atoms with Crippen LogP contribution in [0.4, 0.5) is 5.69 Å². The first-order valence-corrected chi connectivity index (χ1v) is 7.76. The van der Waals surface area contributed by atoms with Crippen LogP contribution in [0, 0.1) is 17.0 Å². The van der Waals surface area contributed by atoms with Crippen molar-refractivity contribution in [2.24, 2.45) is 5.10 Å². The number of carbonyl (C=O) groups excluding carboxylic acids is 1. The molecule has 0 aliphatic carbocycles. The lowest BCUT2D eigenvalue weighted by molar-refractivity contribution is -0.385. The van der Waals surface area contributed by atoms with Crippen LogP contribution < -0.4 is 5.43 Å². The van der Waals surface area contributed by atoms with Crippen molar-refractivity contribution in [3.05, 3.63) is 81.4 Å². The van der Waals surface area contributed by atoms with Crippen LogP contribution in [0.5, 0.6) is 5.75 Å². The van der Waals surface area contributed by atoms with E-state index in [0.29, 0.717) is 11.1 Å². The summed E-state index contributed by atoms with van der Waals surface area (Å²) in [5.41, 5.74) is 3.26. The maximum atomic E-state index is 12.2. The number of rotatable bonds is 4. The van der Waals surface area contributed by atoms with E-state index < -0.39 is 10.8 Å². The van der Waals surface area contributed by atoms with Gasteiger partial charge in [-0.2, -0.15) is 5.10 Å². The fourth-order valence-electron chi connectivity index (χ4n) is 2.59. The lowest BCUT2D eigenvalue weighted by atomic mass is 10.0. The van der Waals surface area contributed by atoms with Crippen molar-refractivity contribution in [3.8, 4) is 5.75 Å². The highest BCUT2D eigenvalue weighted by Crippen LogP contribution is 2.25. The van der Waals surface area contributed by atoms with E-state index in [9.17, 15) is 20.0 Å². The third-order valence-electron chi connectivity index (χ3n) is 3.98. The van der Waals surface area contributed by atoms with E-state index in [0.717, 1.165) is 10.8 Å². The topological polar surface area (TPSA) is 105 Å². The predicted octanol–water partition coefficient (Wildman–Crippen LogP) is 3.53. The van der Waals surface area contributed by atoms with Crippen LogP contribution >= 0.6 is 0 Å². The number of nitrogens with one attached hydrogen (secondary N) is 1. The Morgan fingerprint density at radius 1 is 1.19 bits per heavy atom. The Balaban J connectivity index is 1.83. The van der Waals surface area contributed by atoms with Gasteiger partial charge in [-0.25, -0.2) is 5.43 Å². The lowest BCUT2D eigenvalue weighted by Crippen LogP contribution is -2.17. The number of phenolic OH excluding ortho intramolecular Hbond substituents is 1. The van der Waals surface area contributed by atoms with E-state index >= 15 is 0 Å². The van der Waals surface area contributed by atoms with Crippen molar-refractivity contribution in [3.63, 3.8) is 0 Å². The molecule has 0 heterocycles. The number of nitrogens with zero attached hydrogens (tertiary/aromatic N) is 2. The molecular formula is C19H15N3O4. The molecule has 0 fully saturated rings. The third-order valence-corrected chi connectivity index (χ3v) is 3.98. The summed E-state index contributed by atoms with van der Waals surface area (Å²) >= 11 is 0. The molecule has 2 N–H and O–H groups in total. The average molecular weight is 349 g/mol. The minimum absolute atomic E-state index is 0.0349. The van der Waals surface area contributed by atoms with Gasteiger partial charge in [-0.3, -0.25) is 14.9 Å². The molecule has 7 nitrogen and oxygen atoms in total. The zero-order chi connectivity index (χ0) is 18.7. The number of hydrazone groups is 1. The van der Waals surface area contributed by atoms with Crippen LogP contribution in [0.2, 0.25) is 0 Å². The maximum absolute atomic E-state index is 12.2. The third kappa shape index (κ3) is 3.36. The molecule has 7 heteroatoms. The van der Waals surface area contributed by atoms with Gasteiger partial charge in [-0.05, 0) is 29.8 Å². The van der Waals surface area contributed by atoms with Crippen molar-refractivity contribution in [1.29, 1.82) is 0 Å². The first-order chi connectivity index (χ1) is 12.5. The second kappa shape index (κ2) is 7.02. The Morgan fingerprint density at radius 2 is 1.96 bits per heavy atom. The number of amides is 1. The van der Waals surface area contributed by atoms with Crippen LogP contribution in [0.25, 0.3) is 10.8 Å². The zero-order valence-electron chi connectivity index (χ0n) is 13.8. The van der Waals surface area contributed by atoms with Crippen molar-refractivity contribution < 1.29 is 14.8 Å². The molecule has 0 spiro atoms. The van der Waals surface area contributed by atoms with E-state index in [-0.39, 0.29) is 17.0 Å². The fourth-order valence-corrected chi connectivity index (χ4v) is 2.59. The van der Waals surface area contributed by atoms with Crippen molar-refractivity contribution >= 4 is 28.6 Å². The maximum Gasteiger partial charge on any atom is 0.273 e. The number of aromatic hydroxyl groups is 1. The van der Waals surface area contributed by atoms with Crippen molar-refractivity contribution in [1.82, 2.24) is 5.43 Å². The summed E-state index contributed by atoms with van der Waals surface area (Å²) < 4.78 is 0. The Morgan fingerprint density at radius 3 is 2.73 bits per heavy atom. The normalized spacial score (nSPS) is 11.0. The molecule has 0 bridgehead atoms. The number of hydrogen-bond donors (Lipinski definition) is 2. The number of benzene rings is 3. The molecule has 0 radical (unpaired) electrons. The predicted molar refractivity (Wildman–Crippen MR) is 98.5 cm³/mol. The highest BCUT2D eigenvalue weighted by molar-refractivity contribution is 6.03. The summed E-state index contributed by atoms with van der Waals surface area (Å²) in [5, 5.41) is 26.6. The van der Waals surface area contributed by atoms with Crippen LogP contribution in [0.1, 0.15) is 21.5 Å². The quantitative estimate of drug-likeness (QED) is 0.427. The summed E-state index contributed by atoms with van der Waals surface area (Å²) in [6, 6.07) is 15.0. The Hall–Kier alpha value is -3.74. The van der Waals surface area contributed by atoms with Crippen LogP contribution in [0.3, 0.4) is 0 Å². The van der Waals surface area contributed by atoms with E-state index in [1.807, 2.05) is 24.3 Å². The van der Waals surface area contributed by atoms with E-state index in [2.05, 4.69) is 10.5 Å². The van der Waals surface area contributed by atoms with E-state index in [4.69, 9.17) is 0 Å². The smallest absolute Gasteiger partial charge is 0.273 e. The molecule has 0 aliphatic heterocycles. The van der Waals surface area contributed by atoms with Crippen LogP contribution in [-0.4, -0.2) is 22.2 Å². The van der Waals surface area contributed by atoms with Gasteiger partial charge in [-0.15, -0.1) is 0 Å². The largest absolute Gasteiger partial charge is 0.507 e. The number of aryl methyl sites for hydroxylation is 1. The van der Waals surface area contributed by atoms with Gasteiger partial charge in [-0.1, -0.05) is 36.4 Å². The van der Waals surface area contributed by atoms with E-state index in [1.165, 1.54) is 24.4 Å². The van der Waals surface area contributed by atoms with Crippen molar-refractivity contribution in [2.45, 2.75) is 6.92 Å². The number of nitro groups is 1. The summed E-state index contributed by atoms with van der Waals surface area (Å²) in [5.74, 6) is -0.545. The second-order valence-corrected chi connectivity index (χ2v) is 5.68. The monoisotopic (exact) mass is 349 g/mol. The average Bonchev–Trinajstić information content (AvgIpc) is 2.63. The lowest BCUT2D eigenvalue weighted by Gasteiger charge is -2.05. The number of nitro benzene ring substituents is 1. The Bertz CT molecular complexity index is 1040. The van der Waals surface area contributed by atoms with Crippen molar-refractivity contribution in [2.75, 3.05) is 0 Å². The molecule has 3 aromatic rings. The first-order valence-electron chi connectivity index (χ1n) is 7.76. The Labute approximate surface area is 148 Å². The number of fused-ring (bicyclic) bond motifs is 1. The molecule has 130 valence electrons. The molecule has 3 rings (SSSR count). The molecule has 0 saturated carbocycles. The SMILES string of the molecule is Cc1ccc(C(=O)N/N=C/c2c(O)ccc3ccccc23)cc1[N+](=O)[O-]. The molecule has 1 amide bonds. The van der Waals surface area contributed by atoms with Gasteiger partial charge in [0.15, 0.2) is 0 Å². The fraction of sp³-hybridized carbons (Fsp3) is 0.0526. The molecule has 0 saturated heterocycles. The van der Waals surface area contributed by atoms with Gasteiger partial charge in [0, 0.05) is 22.8 Å². The van der Waals surface area contributed by atoms with Gasteiger partial charge >= 0.3 is 0 Å². The minimum Gasteiger partial charge on any atom is -0.507 e. The van der Waals surface area contributed by atoms with Gasteiger partial charge in [0.05, 0.1) is 11.1 Å². The summed E-state index contributed by atoms with van der Waals surface area (Å²) in [6.45, 7) is 1.60. The Kier molecular flexibility index (Phi) is 4.62.